The summed E-state index contributed by atoms with van der Waals surface area (Å²) in [6, 6.07) is 9.99. The van der Waals surface area contributed by atoms with E-state index in [9.17, 15) is 9.90 Å². The van der Waals surface area contributed by atoms with Crippen molar-refractivity contribution >= 4 is 5.91 Å². The fourth-order valence-corrected chi connectivity index (χ4v) is 2.61. The topological polar surface area (TPSA) is 40.5 Å². The van der Waals surface area contributed by atoms with Crippen LogP contribution in [0.4, 0.5) is 0 Å². The number of benzene rings is 1. The van der Waals surface area contributed by atoms with E-state index in [1.54, 1.807) is 18.7 Å². The summed E-state index contributed by atoms with van der Waals surface area (Å²) in [4.78, 5) is 14.5. The van der Waals surface area contributed by atoms with Crippen LogP contribution in [-0.2, 0) is 10.2 Å². The third kappa shape index (κ3) is 2.98. The van der Waals surface area contributed by atoms with Crippen molar-refractivity contribution in [2.45, 2.75) is 44.6 Å². The van der Waals surface area contributed by atoms with E-state index in [4.69, 9.17) is 0 Å². The molecule has 0 aliphatic heterocycles. The van der Waals surface area contributed by atoms with Gasteiger partial charge in [-0.1, -0.05) is 30.3 Å². The molecular formula is C16H23NO2. The Kier molecular flexibility index (Phi) is 3.68. The third-order valence-corrected chi connectivity index (χ3v) is 3.73. The average Bonchev–Trinajstić information content (AvgIpc) is 3.16. The van der Waals surface area contributed by atoms with Crippen LogP contribution in [0.25, 0.3) is 0 Å². The van der Waals surface area contributed by atoms with Gasteiger partial charge in [0.05, 0.1) is 11.0 Å². The summed E-state index contributed by atoms with van der Waals surface area (Å²) in [7, 11) is 0. The smallest absolute Gasteiger partial charge is 0.233 e. The number of amides is 1. The molecule has 1 aromatic carbocycles. The molecule has 19 heavy (non-hydrogen) atoms. The Morgan fingerprint density at radius 3 is 2.32 bits per heavy atom. The molecule has 1 N–H and O–H groups in total. The molecule has 0 spiro atoms. The van der Waals surface area contributed by atoms with Gasteiger partial charge in [-0.25, -0.2) is 0 Å². The Hall–Kier alpha value is -1.35. The molecule has 0 aromatic heterocycles. The summed E-state index contributed by atoms with van der Waals surface area (Å²) in [6.07, 6.45) is 1.83. The summed E-state index contributed by atoms with van der Waals surface area (Å²) in [5, 5.41) is 9.93. The monoisotopic (exact) mass is 261 g/mol. The van der Waals surface area contributed by atoms with Crippen molar-refractivity contribution < 1.29 is 9.90 Å². The largest absolute Gasteiger partial charge is 0.389 e. The van der Waals surface area contributed by atoms with Crippen molar-refractivity contribution in [3.05, 3.63) is 35.9 Å². The standard InChI is InChI=1S/C16H23NO2/c1-4-17(12-15(2,3)19)14(18)16(10-11-16)13-8-6-5-7-9-13/h5-9,19H,4,10-12H2,1-3H3. The van der Waals surface area contributed by atoms with Crippen LogP contribution in [0.5, 0.6) is 0 Å². The molecule has 1 aliphatic rings. The first-order chi connectivity index (χ1) is 8.89. The molecule has 1 fully saturated rings. The first-order valence-electron chi connectivity index (χ1n) is 6.96. The fourth-order valence-electron chi connectivity index (χ4n) is 2.61. The van der Waals surface area contributed by atoms with Gasteiger partial charge in [-0.15, -0.1) is 0 Å². The molecule has 1 aromatic rings. The van der Waals surface area contributed by atoms with Crippen LogP contribution < -0.4 is 0 Å². The van der Waals surface area contributed by atoms with E-state index in [1.807, 2.05) is 37.3 Å². The number of carbonyl (C=O) groups is 1. The summed E-state index contributed by atoms with van der Waals surface area (Å²) >= 11 is 0. The van der Waals surface area contributed by atoms with Gasteiger partial charge in [0.2, 0.25) is 5.91 Å². The van der Waals surface area contributed by atoms with Crippen molar-refractivity contribution in [2.24, 2.45) is 0 Å². The highest BCUT2D eigenvalue weighted by molar-refractivity contribution is 5.91. The van der Waals surface area contributed by atoms with Gasteiger partial charge in [-0.05, 0) is 39.2 Å². The maximum atomic E-state index is 12.8. The zero-order chi connectivity index (χ0) is 14.1. The van der Waals surface area contributed by atoms with E-state index in [0.29, 0.717) is 13.1 Å². The van der Waals surface area contributed by atoms with Crippen molar-refractivity contribution in [3.8, 4) is 0 Å². The van der Waals surface area contributed by atoms with Gasteiger partial charge in [0.25, 0.3) is 0 Å². The maximum absolute atomic E-state index is 12.8. The molecule has 0 atom stereocenters. The second-order valence-electron chi connectivity index (χ2n) is 6.08. The van der Waals surface area contributed by atoms with Crippen LogP contribution in [0.15, 0.2) is 30.3 Å². The lowest BCUT2D eigenvalue weighted by Crippen LogP contribution is -2.46. The molecule has 1 amide bonds. The van der Waals surface area contributed by atoms with Gasteiger partial charge < -0.3 is 10.0 Å². The zero-order valence-corrected chi connectivity index (χ0v) is 12.0. The maximum Gasteiger partial charge on any atom is 0.233 e. The van der Waals surface area contributed by atoms with Crippen LogP contribution in [0.1, 0.15) is 39.2 Å². The van der Waals surface area contributed by atoms with Gasteiger partial charge >= 0.3 is 0 Å². The molecule has 0 bridgehead atoms. The molecule has 1 saturated carbocycles. The average molecular weight is 261 g/mol. The minimum Gasteiger partial charge on any atom is -0.389 e. The van der Waals surface area contributed by atoms with E-state index in [-0.39, 0.29) is 11.3 Å². The van der Waals surface area contributed by atoms with Crippen molar-refractivity contribution in [1.29, 1.82) is 0 Å². The molecule has 0 saturated heterocycles. The molecule has 1 aliphatic carbocycles. The summed E-state index contributed by atoms with van der Waals surface area (Å²) < 4.78 is 0. The Morgan fingerprint density at radius 1 is 1.32 bits per heavy atom. The Bertz CT molecular complexity index is 444. The van der Waals surface area contributed by atoms with Gasteiger partial charge in [0.15, 0.2) is 0 Å². The number of hydrogen-bond donors (Lipinski definition) is 1. The third-order valence-electron chi connectivity index (χ3n) is 3.73. The minimum atomic E-state index is -0.849. The Balaban J connectivity index is 2.19. The number of carbonyl (C=O) groups excluding carboxylic acids is 1. The Morgan fingerprint density at radius 2 is 1.89 bits per heavy atom. The second-order valence-corrected chi connectivity index (χ2v) is 6.08. The molecule has 0 heterocycles. The molecule has 3 heteroatoms. The van der Waals surface area contributed by atoms with Crippen LogP contribution in [0, 0.1) is 0 Å². The second kappa shape index (κ2) is 4.97. The van der Waals surface area contributed by atoms with Gasteiger partial charge in [-0.3, -0.25) is 4.79 Å². The van der Waals surface area contributed by atoms with Crippen molar-refractivity contribution in [3.63, 3.8) is 0 Å². The molecule has 0 unspecified atom stereocenters. The predicted molar refractivity (Wildman–Crippen MR) is 75.9 cm³/mol. The highest BCUT2D eigenvalue weighted by Crippen LogP contribution is 2.49. The molecule has 3 nitrogen and oxygen atoms in total. The van der Waals surface area contributed by atoms with Crippen LogP contribution in [0.3, 0.4) is 0 Å². The molecule has 2 rings (SSSR count). The molecule has 0 radical (unpaired) electrons. The number of rotatable bonds is 5. The molecular weight excluding hydrogens is 238 g/mol. The summed E-state index contributed by atoms with van der Waals surface area (Å²) in [5.74, 6) is 0.156. The summed E-state index contributed by atoms with van der Waals surface area (Å²) in [5.41, 5.74) is -0.0739. The van der Waals surface area contributed by atoms with Crippen LogP contribution >= 0.6 is 0 Å². The quantitative estimate of drug-likeness (QED) is 0.883. The lowest BCUT2D eigenvalue weighted by atomic mass is 9.93. The highest BCUT2D eigenvalue weighted by Gasteiger charge is 2.52. The molecule has 104 valence electrons. The number of aliphatic hydroxyl groups is 1. The van der Waals surface area contributed by atoms with E-state index in [0.717, 1.165) is 18.4 Å². The minimum absolute atomic E-state index is 0.156. The predicted octanol–water partition coefficient (Wildman–Crippen LogP) is 2.34. The first-order valence-corrected chi connectivity index (χ1v) is 6.96. The summed E-state index contributed by atoms with van der Waals surface area (Å²) in [6.45, 7) is 6.47. The van der Waals surface area contributed by atoms with Gasteiger partial charge in [-0.2, -0.15) is 0 Å². The number of hydrogen-bond acceptors (Lipinski definition) is 2. The Labute approximate surface area is 115 Å². The first kappa shape index (κ1) is 14.1. The normalized spacial score (nSPS) is 17.1. The SMILES string of the molecule is CCN(CC(C)(C)O)C(=O)C1(c2ccccc2)CC1. The lowest BCUT2D eigenvalue weighted by Gasteiger charge is -2.31. The number of nitrogens with zero attached hydrogens (tertiary/aromatic N) is 1. The van der Waals surface area contributed by atoms with Crippen LogP contribution in [-0.4, -0.2) is 34.6 Å². The zero-order valence-electron chi connectivity index (χ0n) is 12.0. The van der Waals surface area contributed by atoms with Crippen molar-refractivity contribution in [1.82, 2.24) is 4.90 Å². The fraction of sp³-hybridized carbons (Fsp3) is 0.562. The van der Waals surface area contributed by atoms with E-state index < -0.39 is 5.60 Å². The van der Waals surface area contributed by atoms with Crippen molar-refractivity contribution in [2.75, 3.05) is 13.1 Å². The lowest BCUT2D eigenvalue weighted by molar-refractivity contribution is -0.136. The van der Waals surface area contributed by atoms with E-state index >= 15 is 0 Å². The van der Waals surface area contributed by atoms with Crippen LogP contribution in [0.2, 0.25) is 0 Å². The van der Waals surface area contributed by atoms with E-state index in [2.05, 4.69) is 0 Å². The number of likely N-dealkylation sites (N-methyl/N-ethyl adjacent to an activating group) is 1. The van der Waals surface area contributed by atoms with Gasteiger partial charge in [0.1, 0.15) is 0 Å². The highest BCUT2D eigenvalue weighted by atomic mass is 16.3. The van der Waals surface area contributed by atoms with E-state index in [1.165, 1.54) is 0 Å². The van der Waals surface area contributed by atoms with Gasteiger partial charge in [0, 0.05) is 13.1 Å².